The standard InChI is InChI=1S/C22H18F3NO4S/c1-13-19(31-21(26-13)15-5-7-16(8-6-15)22(23,24)25)12-30-17-9-3-14(4-10-20(27)28)11-18(17)29-2/h3-11H,12H2,1-2H3,(H,27,28)/b10-4+. The number of halogens is 3. The molecule has 9 heteroatoms. The number of carboxylic acids is 1. The largest absolute Gasteiger partial charge is 0.493 e. The SMILES string of the molecule is COc1cc(/C=C/C(=O)O)ccc1OCc1sc(-c2ccc(C(F)(F)F)cc2)nc1C. The smallest absolute Gasteiger partial charge is 0.416 e. The molecule has 3 aromatic rings. The van der Waals surface area contributed by atoms with Crippen LogP contribution in [0.25, 0.3) is 16.6 Å². The average Bonchev–Trinajstić information content (AvgIpc) is 3.11. The van der Waals surface area contributed by atoms with Crippen LogP contribution in [0.1, 0.15) is 21.7 Å². The van der Waals surface area contributed by atoms with Gasteiger partial charge in [-0.05, 0) is 42.8 Å². The zero-order valence-electron chi connectivity index (χ0n) is 16.6. The van der Waals surface area contributed by atoms with Gasteiger partial charge in [0.2, 0.25) is 0 Å². The third-order valence-corrected chi connectivity index (χ3v) is 5.50. The fraction of sp³-hybridized carbons (Fsp3) is 0.182. The summed E-state index contributed by atoms with van der Waals surface area (Å²) >= 11 is 1.34. The lowest BCUT2D eigenvalue weighted by molar-refractivity contribution is -0.137. The molecule has 0 radical (unpaired) electrons. The summed E-state index contributed by atoms with van der Waals surface area (Å²) in [5.74, 6) is -0.139. The van der Waals surface area contributed by atoms with Gasteiger partial charge in [-0.15, -0.1) is 11.3 Å². The molecule has 1 heterocycles. The maximum Gasteiger partial charge on any atom is 0.416 e. The van der Waals surface area contributed by atoms with E-state index in [-0.39, 0.29) is 6.61 Å². The number of benzene rings is 2. The predicted molar refractivity (Wildman–Crippen MR) is 111 cm³/mol. The summed E-state index contributed by atoms with van der Waals surface area (Å²) in [6, 6.07) is 9.90. The molecular weight excluding hydrogens is 431 g/mol. The molecule has 0 amide bonds. The van der Waals surface area contributed by atoms with E-state index in [2.05, 4.69) is 4.98 Å². The van der Waals surface area contributed by atoms with Crippen LogP contribution in [-0.4, -0.2) is 23.2 Å². The molecule has 0 saturated heterocycles. The number of hydrogen-bond acceptors (Lipinski definition) is 5. The van der Waals surface area contributed by atoms with Gasteiger partial charge in [-0.2, -0.15) is 13.2 Å². The second-order valence-corrected chi connectivity index (χ2v) is 7.56. The highest BCUT2D eigenvalue weighted by Gasteiger charge is 2.30. The summed E-state index contributed by atoms with van der Waals surface area (Å²) in [5, 5.41) is 9.33. The third-order valence-electron chi connectivity index (χ3n) is 4.32. The van der Waals surface area contributed by atoms with E-state index in [9.17, 15) is 18.0 Å². The quantitative estimate of drug-likeness (QED) is 0.460. The maximum atomic E-state index is 12.7. The van der Waals surface area contributed by atoms with Crippen LogP contribution in [-0.2, 0) is 17.6 Å². The van der Waals surface area contributed by atoms with Crippen LogP contribution in [0.4, 0.5) is 13.2 Å². The normalized spacial score (nSPS) is 11.6. The molecule has 0 fully saturated rings. The van der Waals surface area contributed by atoms with Crippen LogP contribution in [0.5, 0.6) is 11.5 Å². The van der Waals surface area contributed by atoms with Crippen molar-refractivity contribution in [3.05, 3.63) is 70.2 Å². The monoisotopic (exact) mass is 449 g/mol. The highest BCUT2D eigenvalue weighted by Crippen LogP contribution is 2.34. The first kappa shape index (κ1) is 22.4. The van der Waals surface area contributed by atoms with E-state index in [1.54, 1.807) is 25.1 Å². The van der Waals surface area contributed by atoms with Gasteiger partial charge in [0.05, 0.1) is 23.2 Å². The van der Waals surface area contributed by atoms with Crippen LogP contribution in [0.2, 0.25) is 0 Å². The number of aromatic nitrogens is 1. The molecule has 0 saturated carbocycles. The Bertz CT molecular complexity index is 1100. The minimum Gasteiger partial charge on any atom is -0.493 e. The molecule has 0 aliphatic heterocycles. The number of carbonyl (C=O) groups is 1. The minimum atomic E-state index is -4.38. The number of hydrogen-bond donors (Lipinski definition) is 1. The van der Waals surface area contributed by atoms with Crippen molar-refractivity contribution < 1.29 is 32.5 Å². The van der Waals surface area contributed by atoms with Gasteiger partial charge in [-0.1, -0.05) is 18.2 Å². The van der Waals surface area contributed by atoms with Crippen molar-refractivity contribution in [2.45, 2.75) is 19.7 Å². The van der Waals surface area contributed by atoms with Crippen molar-refractivity contribution in [2.75, 3.05) is 7.11 Å². The number of nitrogens with zero attached hydrogens (tertiary/aromatic N) is 1. The second kappa shape index (κ2) is 9.22. The molecule has 3 rings (SSSR count). The summed E-state index contributed by atoms with van der Waals surface area (Å²) in [6.07, 6.45) is -1.91. The molecule has 0 spiro atoms. The van der Waals surface area contributed by atoms with Gasteiger partial charge in [0.15, 0.2) is 11.5 Å². The second-order valence-electron chi connectivity index (χ2n) is 6.47. The van der Waals surface area contributed by atoms with Crippen molar-refractivity contribution >= 4 is 23.4 Å². The molecule has 31 heavy (non-hydrogen) atoms. The van der Waals surface area contributed by atoms with Crippen LogP contribution in [0.15, 0.2) is 48.5 Å². The van der Waals surface area contributed by atoms with Gasteiger partial charge in [0.25, 0.3) is 0 Å². The summed E-state index contributed by atoms with van der Waals surface area (Å²) in [4.78, 5) is 15.9. The summed E-state index contributed by atoms with van der Waals surface area (Å²) in [7, 11) is 1.48. The molecular formula is C22H18F3NO4S. The number of thiazole rings is 1. The number of methoxy groups -OCH3 is 1. The Morgan fingerprint density at radius 3 is 2.48 bits per heavy atom. The minimum absolute atomic E-state index is 0.199. The van der Waals surface area contributed by atoms with E-state index in [1.165, 1.54) is 36.7 Å². The zero-order chi connectivity index (χ0) is 22.6. The lowest BCUT2D eigenvalue weighted by Gasteiger charge is -2.11. The Morgan fingerprint density at radius 2 is 1.87 bits per heavy atom. The van der Waals surface area contributed by atoms with Crippen molar-refractivity contribution in [1.82, 2.24) is 4.98 Å². The fourth-order valence-electron chi connectivity index (χ4n) is 2.71. The number of carboxylic acid groups (broad SMARTS) is 1. The highest BCUT2D eigenvalue weighted by atomic mass is 32.1. The Kier molecular flexibility index (Phi) is 6.65. The summed E-state index contributed by atoms with van der Waals surface area (Å²) in [5.41, 5.74) is 1.26. The van der Waals surface area contributed by atoms with Crippen LogP contribution < -0.4 is 9.47 Å². The van der Waals surface area contributed by atoms with Crippen LogP contribution in [0.3, 0.4) is 0 Å². The Morgan fingerprint density at radius 1 is 1.16 bits per heavy atom. The van der Waals surface area contributed by atoms with Gasteiger partial charge >= 0.3 is 12.1 Å². The average molecular weight is 449 g/mol. The first-order valence-electron chi connectivity index (χ1n) is 9.03. The summed E-state index contributed by atoms with van der Waals surface area (Å²) < 4.78 is 49.4. The lowest BCUT2D eigenvalue weighted by Crippen LogP contribution is -2.03. The van der Waals surface area contributed by atoms with E-state index in [0.717, 1.165) is 28.8 Å². The number of alkyl halides is 3. The van der Waals surface area contributed by atoms with Gasteiger partial charge in [0, 0.05) is 11.6 Å². The Labute approximate surface area is 180 Å². The number of ether oxygens (including phenoxy) is 2. The molecule has 5 nitrogen and oxygen atoms in total. The van der Waals surface area contributed by atoms with Gasteiger partial charge in [-0.3, -0.25) is 0 Å². The molecule has 0 aliphatic carbocycles. The molecule has 162 valence electrons. The predicted octanol–water partition coefficient (Wildman–Crippen LogP) is 5.82. The Balaban J connectivity index is 1.74. The van der Waals surface area contributed by atoms with Gasteiger partial charge in [0.1, 0.15) is 11.6 Å². The van der Waals surface area contributed by atoms with Crippen molar-refractivity contribution in [1.29, 1.82) is 0 Å². The van der Waals surface area contributed by atoms with Crippen molar-refractivity contribution in [3.8, 4) is 22.1 Å². The zero-order valence-corrected chi connectivity index (χ0v) is 17.4. The van der Waals surface area contributed by atoms with E-state index < -0.39 is 17.7 Å². The van der Waals surface area contributed by atoms with Gasteiger partial charge < -0.3 is 14.6 Å². The number of aliphatic carboxylic acids is 1. The van der Waals surface area contributed by atoms with Crippen molar-refractivity contribution in [2.24, 2.45) is 0 Å². The molecule has 1 N–H and O–H groups in total. The highest BCUT2D eigenvalue weighted by molar-refractivity contribution is 7.15. The van der Waals surface area contributed by atoms with E-state index in [4.69, 9.17) is 14.6 Å². The molecule has 0 atom stereocenters. The van der Waals surface area contributed by atoms with E-state index in [1.807, 2.05) is 0 Å². The lowest BCUT2D eigenvalue weighted by atomic mass is 10.1. The van der Waals surface area contributed by atoms with Crippen molar-refractivity contribution in [3.63, 3.8) is 0 Å². The molecule has 0 bridgehead atoms. The molecule has 2 aromatic carbocycles. The number of rotatable bonds is 7. The first-order valence-corrected chi connectivity index (χ1v) is 9.85. The fourth-order valence-corrected chi connectivity index (χ4v) is 3.69. The molecule has 0 unspecified atom stereocenters. The Hall–Kier alpha value is -3.33. The molecule has 1 aromatic heterocycles. The maximum absolute atomic E-state index is 12.7. The van der Waals surface area contributed by atoms with E-state index in [0.29, 0.717) is 27.6 Å². The van der Waals surface area contributed by atoms with Crippen LogP contribution >= 0.6 is 11.3 Å². The number of aryl methyl sites for hydroxylation is 1. The topological polar surface area (TPSA) is 68.7 Å². The molecule has 0 aliphatic rings. The van der Waals surface area contributed by atoms with E-state index >= 15 is 0 Å². The first-order chi connectivity index (χ1) is 14.7. The van der Waals surface area contributed by atoms with Gasteiger partial charge in [-0.25, -0.2) is 9.78 Å². The summed E-state index contributed by atoms with van der Waals surface area (Å²) in [6.45, 7) is 2.00. The van der Waals surface area contributed by atoms with Crippen LogP contribution in [0, 0.1) is 6.92 Å². The third kappa shape index (κ3) is 5.64.